The van der Waals surface area contributed by atoms with Crippen LogP contribution in [0.15, 0.2) is 48.8 Å². The summed E-state index contributed by atoms with van der Waals surface area (Å²) in [4.78, 5) is 20.2. The zero-order valence-electron chi connectivity index (χ0n) is 15.8. The van der Waals surface area contributed by atoms with Gasteiger partial charge in [0.15, 0.2) is 0 Å². The maximum Gasteiger partial charge on any atom is 0.387 e. The van der Waals surface area contributed by atoms with Crippen LogP contribution in [0.5, 0.6) is 11.5 Å². The average Bonchev–Trinajstić information content (AvgIpc) is 2.73. The highest BCUT2D eigenvalue weighted by atomic mass is 19.3. The summed E-state index contributed by atoms with van der Waals surface area (Å²) in [6, 6.07) is 7.16. The number of carbonyl (C=O) groups excluding carboxylic acids is 1. The number of anilines is 1. The summed E-state index contributed by atoms with van der Waals surface area (Å²) >= 11 is 0. The number of hydrogen-bond donors (Lipinski definition) is 0. The van der Waals surface area contributed by atoms with Gasteiger partial charge in [-0.3, -0.25) is 9.78 Å². The quantitative estimate of drug-likeness (QED) is 0.501. The number of ether oxygens (including phenoxy) is 2. The Kier molecular flexibility index (Phi) is 7.10. The van der Waals surface area contributed by atoms with E-state index in [9.17, 15) is 22.4 Å². The van der Waals surface area contributed by atoms with Crippen molar-refractivity contribution in [3.8, 4) is 11.5 Å². The van der Waals surface area contributed by atoms with Crippen LogP contribution in [-0.4, -0.2) is 55.2 Å². The molecule has 1 aliphatic rings. The maximum absolute atomic E-state index is 12.6. The molecule has 0 atom stereocenters. The number of rotatable bonds is 7. The highest BCUT2D eigenvalue weighted by Crippen LogP contribution is 2.28. The Morgan fingerprint density at radius 3 is 2.27 bits per heavy atom. The van der Waals surface area contributed by atoms with Crippen LogP contribution in [0.2, 0.25) is 0 Å². The lowest BCUT2D eigenvalue weighted by Crippen LogP contribution is -2.48. The van der Waals surface area contributed by atoms with Crippen LogP contribution < -0.4 is 14.4 Å². The second-order valence-electron chi connectivity index (χ2n) is 6.31. The van der Waals surface area contributed by atoms with Gasteiger partial charge >= 0.3 is 13.2 Å². The Balaban J connectivity index is 1.64. The number of amides is 1. The van der Waals surface area contributed by atoms with Gasteiger partial charge in [0, 0.05) is 62.0 Å². The molecule has 1 saturated heterocycles. The van der Waals surface area contributed by atoms with E-state index in [1.54, 1.807) is 17.3 Å². The molecule has 0 radical (unpaired) electrons. The van der Waals surface area contributed by atoms with Gasteiger partial charge in [-0.05, 0) is 30.3 Å². The molecular formula is C20H19F4N3O3. The van der Waals surface area contributed by atoms with E-state index >= 15 is 0 Å². The number of hydrogen-bond acceptors (Lipinski definition) is 5. The van der Waals surface area contributed by atoms with E-state index < -0.39 is 13.2 Å². The molecular weight excluding hydrogens is 406 g/mol. The molecule has 1 amide bonds. The van der Waals surface area contributed by atoms with Crippen LogP contribution in [0.25, 0.3) is 6.08 Å². The standard InChI is InChI=1S/C20H19F4N3O3/c21-19(22)29-16-3-1-14(17(13-16)30-20(23)24)2-4-18(28)27-11-9-26(10-12-27)15-5-7-25-8-6-15/h1-8,13,19-20H,9-12H2/b4-2+. The lowest BCUT2D eigenvalue weighted by atomic mass is 10.1. The lowest BCUT2D eigenvalue weighted by Gasteiger charge is -2.35. The van der Waals surface area contributed by atoms with E-state index in [0.29, 0.717) is 26.2 Å². The molecule has 6 nitrogen and oxygen atoms in total. The number of halogens is 4. The molecule has 0 spiro atoms. The van der Waals surface area contributed by atoms with E-state index in [4.69, 9.17) is 0 Å². The molecule has 1 aromatic heterocycles. The summed E-state index contributed by atoms with van der Waals surface area (Å²) in [7, 11) is 0. The molecule has 30 heavy (non-hydrogen) atoms. The number of alkyl halides is 4. The Morgan fingerprint density at radius 2 is 1.63 bits per heavy atom. The van der Waals surface area contributed by atoms with E-state index in [1.165, 1.54) is 24.3 Å². The summed E-state index contributed by atoms with van der Waals surface area (Å²) in [5.41, 5.74) is 1.16. The van der Waals surface area contributed by atoms with Crippen molar-refractivity contribution in [3.05, 3.63) is 54.4 Å². The van der Waals surface area contributed by atoms with Gasteiger partial charge in [0.2, 0.25) is 5.91 Å². The summed E-state index contributed by atoms with van der Waals surface area (Å²) in [5.74, 6) is -0.980. The fraction of sp³-hybridized carbons (Fsp3) is 0.300. The average molecular weight is 425 g/mol. The first-order chi connectivity index (χ1) is 14.4. The summed E-state index contributed by atoms with van der Waals surface area (Å²) < 4.78 is 58.5. The predicted octanol–water partition coefficient (Wildman–Crippen LogP) is 3.65. The van der Waals surface area contributed by atoms with Crippen molar-refractivity contribution < 1.29 is 31.8 Å². The number of piperazine rings is 1. The first-order valence-corrected chi connectivity index (χ1v) is 9.08. The van der Waals surface area contributed by atoms with Crippen LogP contribution in [0, 0.1) is 0 Å². The monoisotopic (exact) mass is 425 g/mol. The topological polar surface area (TPSA) is 54.9 Å². The molecule has 10 heteroatoms. The zero-order chi connectivity index (χ0) is 21.5. The van der Waals surface area contributed by atoms with Gasteiger partial charge in [-0.1, -0.05) is 0 Å². The minimum absolute atomic E-state index is 0.140. The molecule has 3 rings (SSSR count). The molecule has 0 saturated carbocycles. The van der Waals surface area contributed by atoms with Gasteiger partial charge in [0.25, 0.3) is 0 Å². The molecule has 0 aliphatic carbocycles. The third-order valence-electron chi connectivity index (χ3n) is 4.45. The van der Waals surface area contributed by atoms with Gasteiger partial charge in [0.1, 0.15) is 11.5 Å². The van der Waals surface area contributed by atoms with Gasteiger partial charge in [-0.25, -0.2) is 0 Å². The van der Waals surface area contributed by atoms with Crippen molar-refractivity contribution in [2.45, 2.75) is 13.2 Å². The Morgan fingerprint density at radius 1 is 0.967 bits per heavy atom. The third kappa shape index (κ3) is 5.85. The minimum Gasteiger partial charge on any atom is -0.435 e. The summed E-state index contributed by atoms with van der Waals surface area (Å²) in [5, 5.41) is 0. The van der Waals surface area contributed by atoms with Gasteiger partial charge in [0.05, 0.1) is 0 Å². The van der Waals surface area contributed by atoms with Gasteiger partial charge in [-0.15, -0.1) is 0 Å². The number of benzene rings is 1. The molecule has 0 unspecified atom stereocenters. The first-order valence-electron chi connectivity index (χ1n) is 9.08. The molecule has 0 bridgehead atoms. The number of aromatic nitrogens is 1. The Hall–Kier alpha value is -3.30. The SMILES string of the molecule is O=C(/C=C/c1ccc(OC(F)F)cc1OC(F)F)N1CCN(c2ccncc2)CC1. The zero-order valence-corrected chi connectivity index (χ0v) is 15.8. The molecule has 160 valence electrons. The van der Waals surface area contributed by atoms with Crippen LogP contribution in [0.1, 0.15) is 5.56 Å². The van der Waals surface area contributed by atoms with Crippen molar-refractivity contribution in [2.75, 3.05) is 31.1 Å². The van der Waals surface area contributed by atoms with Crippen molar-refractivity contribution in [1.29, 1.82) is 0 Å². The molecule has 1 aromatic carbocycles. The highest BCUT2D eigenvalue weighted by Gasteiger charge is 2.20. The van der Waals surface area contributed by atoms with Crippen molar-refractivity contribution in [3.63, 3.8) is 0 Å². The van der Waals surface area contributed by atoms with Gasteiger partial charge in [-0.2, -0.15) is 17.6 Å². The van der Waals surface area contributed by atoms with Crippen LogP contribution >= 0.6 is 0 Å². The predicted molar refractivity (Wildman–Crippen MR) is 102 cm³/mol. The van der Waals surface area contributed by atoms with Crippen molar-refractivity contribution >= 4 is 17.7 Å². The molecule has 1 aliphatic heterocycles. The van der Waals surface area contributed by atoms with Crippen molar-refractivity contribution in [2.24, 2.45) is 0 Å². The Labute approximate surface area is 170 Å². The van der Waals surface area contributed by atoms with E-state index in [-0.39, 0.29) is 23.0 Å². The molecule has 2 heterocycles. The van der Waals surface area contributed by atoms with Crippen LogP contribution in [-0.2, 0) is 4.79 Å². The Bertz CT molecular complexity index is 873. The highest BCUT2D eigenvalue weighted by molar-refractivity contribution is 5.92. The largest absolute Gasteiger partial charge is 0.435 e. The van der Waals surface area contributed by atoms with E-state index in [1.807, 2.05) is 12.1 Å². The lowest BCUT2D eigenvalue weighted by molar-refractivity contribution is -0.126. The molecule has 0 N–H and O–H groups in total. The fourth-order valence-corrected chi connectivity index (χ4v) is 3.03. The van der Waals surface area contributed by atoms with E-state index in [2.05, 4.69) is 19.4 Å². The second-order valence-corrected chi connectivity index (χ2v) is 6.31. The van der Waals surface area contributed by atoms with Crippen LogP contribution in [0.3, 0.4) is 0 Å². The number of carbonyl (C=O) groups is 1. The van der Waals surface area contributed by atoms with Crippen molar-refractivity contribution in [1.82, 2.24) is 9.88 Å². The third-order valence-corrected chi connectivity index (χ3v) is 4.45. The fourth-order valence-electron chi connectivity index (χ4n) is 3.03. The van der Waals surface area contributed by atoms with E-state index in [0.717, 1.165) is 11.8 Å². The number of nitrogens with zero attached hydrogens (tertiary/aromatic N) is 3. The smallest absolute Gasteiger partial charge is 0.387 e. The second kappa shape index (κ2) is 9.95. The van der Waals surface area contributed by atoms with Crippen LogP contribution in [0.4, 0.5) is 23.2 Å². The first kappa shape index (κ1) is 21.4. The minimum atomic E-state index is -3.16. The summed E-state index contributed by atoms with van der Waals surface area (Å²) in [6.07, 6.45) is 5.95. The van der Waals surface area contributed by atoms with Gasteiger partial charge < -0.3 is 19.3 Å². The maximum atomic E-state index is 12.6. The molecule has 2 aromatic rings. The number of pyridine rings is 1. The molecule has 1 fully saturated rings. The normalized spacial score (nSPS) is 14.6. The summed E-state index contributed by atoms with van der Waals surface area (Å²) in [6.45, 7) is -3.99.